The van der Waals surface area contributed by atoms with Crippen LogP contribution in [0.15, 0.2) is 70.7 Å². The summed E-state index contributed by atoms with van der Waals surface area (Å²) in [6.07, 6.45) is 1.49. The number of hydrogen-bond acceptors (Lipinski definition) is 5. The zero-order valence-corrected chi connectivity index (χ0v) is 17.8. The van der Waals surface area contributed by atoms with Gasteiger partial charge >= 0.3 is 0 Å². The Hall–Kier alpha value is -3.23. The Kier molecular flexibility index (Phi) is 6.49. The summed E-state index contributed by atoms with van der Waals surface area (Å²) < 4.78 is 31.6. The van der Waals surface area contributed by atoms with Crippen LogP contribution in [0.2, 0.25) is 0 Å². The predicted molar refractivity (Wildman–Crippen MR) is 117 cm³/mol. The molecule has 0 atom stereocenters. The number of ether oxygens (including phenoxy) is 1. The molecule has 0 aromatic heterocycles. The average molecular weight is 426 g/mol. The number of hydrogen-bond donors (Lipinski definition) is 1. The molecule has 3 rings (SSSR count). The molecule has 0 saturated carbocycles. The normalized spacial score (nSPS) is 11.9. The fourth-order valence-electron chi connectivity index (χ4n) is 2.97. The Morgan fingerprint density at radius 2 is 1.80 bits per heavy atom. The molecule has 3 aromatic rings. The third-order valence-electron chi connectivity index (χ3n) is 4.63. The van der Waals surface area contributed by atoms with Gasteiger partial charge in [-0.1, -0.05) is 48.0 Å². The first-order valence-electron chi connectivity index (χ1n) is 9.23. The number of methoxy groups -OCH3 is 1. The van der Waals surface area contributed by atoms with Gasteiger partial charge in [0, 0.05) is 12.6 Å². The van der Waals surface area contributed by atoms with Crippen molar-refractivity contribution in [1.82, 2.24) is 9.73 Å². The fraction of sp³-hybridized carbons (Fsp3) is 0.182. The van der Waals surface area contributed by atoms with Crippen LogP contribution in [-0.4, -0.2) is 45.5 Å². The fourth-order valence-corrected chi connectivity index (χ4v) is 4.10. The standard InChI is InChI=1S/C22H23N3O4S/c1-16-8-11-18(12-9-16)30(27,28)25(2)15-22(26)24-23-14-20-19-7-5-4-6-17(19)10-13-21(20)29-3/h4-14H,15H2,1-3H3,(H,24,26)/b23-14+. The molecule has 0 aliphatic carbocycles. The van der Waals surface area contributed by atoms with Gasteiger partial charge in [-0.05, 0) is 35.9 Å². The van der Waals surface area contributed by atoms with Gasteiger partial charge in [-0.2, -0.15) is 9.41 Å². The zero-order chi connectivity index (χ0) is 21.7. The summed E-state index contributed by atoms with van der Waals surface area (Å²) in [5, 5.41) is 5.93. The van der Waals surface area contributed by atoms with E-state index in [0.717, 1.165) is 26.2 Å². The number of nitrogens with one attached hydrogen (secondary N) is 1. The maximum absolute atomic E-state index is 12.6. The van der Waals surface area contributed by atoms with Gasteiger partial charge in [0.25, 0.3) is 5.91 Å². The van der Waals surface area contributed by atoms with E-state index < -0.39 is 15.9 Å². The van der Waals surface area contributed by atoms with Gasteiger partial charge in [0.15, 0.2) is 0 Å². The van der Waals surface area contributed by atoms with E-state index in [1.165, 1.54) is 25.4 Å². The molecule has 0 radical (unpaired) electrons. The van der Waals surface area contributed by atoms with Crippen LogP contribution in [0.4, 0.5) is 0 Å². The molecular formula is C22H23N3O4S. The number of sulfonamides is 1. The van der Waals surface area contributed by atoms with Gasteiger partial charge < -0.3 is 4.74 Å². The van der Waals surface area contributed by atoms with Crippen molar-refractivity contribution < 1.29 is 17.9 Å². The SMILES string of the molecule is COc1ccc2ccccc2c1/C=N/NC(=O)CN(C)S(=O)(=O)c1ccc(C)cc1. The van der Waals surface area contributed by atoms with Crippen LogP contribution in [0.5, 0.6) is 5.75 Å². The highest BCUT2D eigenvalue weighted by atomic mass is 32.2. The molecule has 0 bridgehead atoms. The second kappa shape index (κ2) is 9.06. The molecule has 8 heteroatoms. The topological polar surface area (TPSA) is 88.1 Å². The monoisotopic (exact) mass is 425 g/mol. The predicted octanol–water partition coefficient (Wildman–Crippen LogP) is 2.93. The Bertz CT molecular complexity index is 1190. The first kappa shape index (κ1) is 21.5. The van der Waals surface area contributed by atoms with Gasteiger partial charge in [-0.3, -0.25) is 4.79 Å². The number of benzene rings is 3. The maximum atomic E-state index is 12.6. The minimum absolute atomic E-state index is 0.132. The Morgan fingerprint density at radius 3 is 2.50 bits per heavy atom. The van der Waals surface area contributed by atoms with Crippen molar-refractivity contribution in [2.75, 3.05) is 20.7 Å². The molecule has 0 aliphatic heterocycles. The molecule has 156 valence electrons. The van der Waals surface area contributed by atoms with Crippen molar-refractivity contribution >= 4 is 32.9 Å². The van der Waals surface area contributed by atoms with Gasteiger partial charge in [0.1, 0.15) is 5.75 Å². The summed E-state index contributed by atoms with van der Waals surface area (Å²) in [5.41, 5.74) is 4.05. The van der Waals surface area contributed by atoms with Crippen molar-refractivity contribution in [1.29, 1.82) is 0 Å². The van der Waals surface area contributed by atoms with Crippen LogP contribution in [0.25, 0.3) is 10.8 Å². The number of likely N-dealkylation sites (N-methyl/N-ethyl adjacent to an activating group) is 1. The van der Waals surface area contributed by atoms with Crippen LogP contribution in [-0.2, 0) is 14.8 Å². The lowest BCUT2D eigenvalue weighted by Crippen LogP contribution is -2.36. The highest BCUT2D eigenvalue weighted by Gasteiger charge is 2.22. The zero-order valence-electron chi connectivity index (χ0n) is 17.0. The Labute approximate surface area is 176 Å². The number of carbonyl (C=O) groups excluding carboxylic acids is 1. The summed E-state index contributed by atoms with van der Waals surface area (Å²) >= 11 is 0. The molecule has 30 heavy (non-hydrogen) atoms. The van der Waals surface area contributed by atoms with Crippen molar-refractivity contribution in [3.63, 3.8) is 0 Å². The first-order valence-corrected chi connectivity index (χ1v) is 10.7. The number of amides is 1. The largest absolute Gasteiger partial charge is 0.496 e. The lowest BCUT2D eigenvalue weighted by Gasteiger charge is -2.16. The number of hydrazone groups is 1. The molecule has 1 amide bonds. The molecule has 0 aliphatic rings. The average Bonchev–Trinajstić information content (AvgIpc) is 2.74. The van der Waals surface area contributed by atoms with Gasteiger partial charge in [0.2, 0.25) is 10.0 Å². The van der Waals surface area contributed by atoms with Crippen LogP contribution < -0.4 is 10.2 Å². The summed E-state index contributed by atoms with van der Waals surface area (Å²) in [7, 11) is -0.853. The number of rotatable bonds is 7. The van der Waals surface area contributed by atoms with Crippen LogP contribution in [0.1, 0.15) is 11.1 Å². The minimum atomic E-state index is -3.77. The third kappa shape index (κ3) is 4.67. The molecule has 0 spiro atoms. The van der Waals surface area contributed by atoms with E-state index in [9.17, 15) is 13.2 Å². The smallest absolute Gasteiger partial charge is 0.255 e. The molecule has 0 saturated heterocycles. The number of carbonyl (C=O) groups is 1. The molecule has 3 aromatic carbocycles. The van der Waals surface area contributed by atoms with Crippen LogP contribution >= 0.6 is 0 Å². The molecule has 1 N–H and O–H groups in total. The molecule has 0 heterocycles. The summed E-state index contributed by atoms with van der Waals surface area (Å²) in [6, 6.07) is 18.0. The minimum Gasteiger partial charge on any atom is -0.496 e. The Morgan fingerprint density at radius 1 is 1.10 bits per heavy atom. The lowest BCUT2D eigenvalue weighted by molar-refractivity contribution is -0.121. The van der Waals surface area contributed by atoms with Crippen LogP contribution in [0.3, 0.4) is 0 Å². The van der Waals surface area contributed by atoms with Gasteiger partial charge in [-0.15, -0.1) is 0 Å². The third-order valence-corrected chi connectivity index (χ3v) is 6.45. The second-order valence-corrected chi connectivity index (χ2v) is 8.81. The molecule has 7 nitrogen and oxygen atoms in total. The molecular weight excluding hydrogens is 402 g/mol. The van der Waals surface area contributed by atoms with E-state index in [-0.39, 0.29) is 11.4 Å². The van der Waals surface area contributed by atoms with E-state index in [1.807, 2.05) is 43.3 Å². The Balaban J connectivity index is 1.71. The van der Waals surface area contributed by atoms with Crippen LogP contribution in [0, 0.1) is 6.92 Å². The summed E-state index contributed by atoms with van der Waals surface area (Å²) in [5.74, 6) is 0.0643. The highest BCUT2D eigenvalue weighted by Crippen LogP contribution is 2.26. The summed E-state index contributed by atoms with van der Waals surface area (Å²) in [4.78, 5) is 12.4. The van der Waals surface area contributed by atoms with Crippen molar-refractivity contribution in [3.05, 3.63) is 71.8 Å². The van der Waals surface area contributed by atoms with E-state index >= 15 is 0 Å². The molecule has 0 fully saturated rings. The lowest BCUT2D eigenvalue weighted by atomic mass is 10.0. The van der Waals surface area contributed by atoms with E-state index in [0.29, 0.717) is 5.75 Å². The molecule has 0 unspecified atom stereocenters. The van der Waals surface area contributed by atoms with E-state index in [4.69, 9.17) is 4.74 Å². The first-order chi connectivity index (χ1) is 14.3. The number of nitrogens with zero attached hydrogens (tertiary/aromatic N) is 2. The van der Waals surface area contributed by atoms with Crippen molar-refractivity contribution in [2.45, 2.75) is 11.8 Å². The highest BCUT2D eigenvalue weighted by molar-refractivity contribution is 7.89. The second-order valence-electron chi connectivity index (χ2n) is 6.77. The number of aryl methyl sites for hydroxylation is 1. The maximum Gasteiger partial charge on any atom is 0.255 e. The summed E-state index contributed by atoms with van der Waals surface area (Å²) in [6.45, 7) is 1.51. The van der Waals surface area contributed by atoms with Gasteiger partial charge in [-0.25, -0.2) is 13.8 Å². The van der Waals surface area contributed by atoms with Gasteiger partial charge in [0.05, 0.1) is 24.8 Å². The van der Waals surface area contributed by atoms with Crippen molar-refractivity contribution in [3.8, 4) is 5.75 Å². The van der Waals surface area contributed by atoms with E-state index in [2.05, 4.69) is 10.5 Å². The van der Waals surface area contributed by atoms with E-state index in [1.54, 1.807) is 19.2 Å². The van der Waals surface area contributed by atoms with Crippen molar-refractivity contribution in [2.24, 2.45) is 5.10 Å². The quantitative estimate of drug-likeness (QED) is 0.466. The number of fused-ring (bicyclic) bond motifs is 1.